The van der Waals surface area contributed by atoms with Gasteiger partial charge in [-0.25, -0.2) is 0 Å². The van der Waals surface area contributed by atoms with E-state index in [-0.39, 0.29) is 5.41 Å². The van der Waals surface area contributed by atoms with Crippen molar-refractivity contribution in [1.82, 2.24) is 5.43 Å². The highest BCUT2D eigenvalue weighted by Crippen LogP contribution is 2.24. The summed E-state index contributed by atoms with van der Waals surface area (Å²) in [5.41, 5.74) is 3.17. The van der Waals surface area contributed by atoms with E-state index in [1.807, 2.05) is 0 Å². The van der Waals surface area contributed by atoms with Gasteiger partial charge in [0.1, 0.15) is 0 Å². The maximum Gasteiger partial charge on any atom is 0.0576 e. The average molecular weight is 214 g/mol. The summed E-state index contributed by atoms with van der Waals surface area (Å²) < 4.78 is 5.60. The largest absolute Gasteiger partial charge is 0.378 e. The lowest BCUT2D eigenvalue weighted by atomic mass is 9.84. The normalized spacial score (nSPS) is 24.4. The molecule has 0 amide bonds. The molecule has 1 saturated heterocycles. The van der Waals surface area contributed by atoms with Gasteiger partial charge >= 0.3 is 0 Å². The van der Waals surface area contributed by atoms with Crippen molar-refractivity contribution in [1.29, 1.82) is 0 Å². The van der Waals surface area contributed by atoms with Gasteiger partial charge in [-0.2, -0.15) is 0 Å². The molecule has 3 heteroatoms. The molecule has 0 radical (unpaired) electrons. The quantitative estimate of drug-likeness (QED) is 0.545. The maximum absolute atomic E-state index is 5.60. The second-order valence-electron chi connectivity index (χ2n) is 5.65. The van der Waals surface area contributed by atoms with Gasteiger partial charge in [-0.1, -0.05) is 20.8 Å². The van der Waals surface area contributed by atoms with Crippen LogP contribution in [-0.2, 0) is 4.74 Å². The Balaban J connectivity index is 2.16. The van der Waals surface area contributed by atoms with E-state index in [1.165, 1.54) is 25.7 Å². The first-order chi connectivity index (χ1) is 7.04. The lowest BCUT2D eigenvalue weighted by molar-refractivity contribution is 0.0993. The zero-order valence-corrected chi connectivity index (χ0v) is 10.4. The summed E-state index contributed by atoms with van der Waals surface area (Å²) in [6.07, 6.45) is 6.53. The molecule has 3 N–H and O–H groups in total. The van der Waals surface area contributed by atoms with Gasteiger partial charge in [0, 0.05) is 12.6 Å². The number of hydrogen-bond acceptors (Lipinski definition) is 3. The van der Waals surface area contributed by atoms with Crippen LogP contribution in [0.1, 0.15) is 52.9 Å². The molecular weight excluding hydrogens is 188 g/mol. The van der Waals surface area contributed by atoms with Gasteiger partial charge in [0.2, 0.25) is 0 Å². The Bertz CT molecular complexity index is 171. The van der Waals surface area contributed by atoms with Gasteiger partial charge in [0.05, 0.1) is 6.10 Å². The van der Waals surface area contributed by atoms with Crippen molar-refractivity contribution in [2.45, 2.75) is 65.0 Å². The van der Waals surface area contributed by atoms with Gasteiger partial charge in [0.25, 0.3) is 0 Å². The van der Waals surface area contributed by atoms with Crippen molar-refractivity contribution in [3.8, 4) is 0 Å². The molecular formula is C12H26N2O. The van der Waals surface area contributed by atoms with Crippen molar-refractivity contribution >= 4 is 0 Å². The second-order valence-corrected chi connectivity index (χ2v) is 5.65. The minimum Gasteiger partial charge on any atom is -0.378 e. The van der Waals surface area contributed by atoms with Crippen LogP contribution in [0.25, 0.3) is 0 Å². The molecule has 1 heterocycles. The van der Waals surface area contributed by atoms with Crippen molar-refractivity contribution in [3.05, 3.63) is 0 Å². The summed E-state index contributed by atoms with van der Waals surface area (Å²) in [4.78, 5) is 0. The molecule has 2 unspecified atom stereocenters. The third-order valence-electron chi connectivity index (χ3n) is 3.29. The van der Waals surface area contributed by atoms with E-state index >= 15 is 0 Å². The Hall–Kier alpha value is -0.120. The molecule has 0 saturated carbocycles. The first-order valence-electron chi connectivity index (χ1n) is 6.12. The fourth-order valence-corrected chi connectivity index (χ4v) is 2.19. The summed E-state index contributed by atoms with van der Waals surface area (Å²) in [6.45, 7) is 7.64. The van der Waals surface area contributed by atoms with Crippen LogP contribution in [0.4, 0.5) is 0 Å². The number of hydrazine groups is 1. The van der Waals surface area contributed by atoms with Crippen LogP contribution < -0.4 is 11.3 Å². The zero-order chi connectivity index (χ0) is 11.3. The standard InChI is InChI=1S/C12H26N2O/c1-12(2,3)11(14-13)8-4-6-10-7-5-9-15-10/h10-11,14H,4-9,13H2,1-3H3. The van der Waals surface area contributed by atoms with Crippen molar-refractivity contribution in [2.24, 2.45) is 11.3 Å². The SMILES string of the molecule is CC(C)(C)C(CCCC1CCCO1)NN. The Morgan fingerprint density at radius 3 is 2.67 bits per heavy atom. The predicted octanol–water partition coefficient (Wildman–Crippen LogP) is 2.21. The van der Waals surface area contributed by atoms with Gasteiger partial charge < -0.3 is 4.74 Å². The first-order valence-corrected chi connectivity index (χ1v) is 6.12. The minimum absolute atomic E-state index is 0.241. The third kappa shape index (κ3) is 4.49. The van der Waals surface area contributed by atoms with Gasteiger partial charge in [-0.15, -0.1) is 0 Å². The van der Waals surface area contributed by atoms with Crippen LogP contribution in [0.5, 0.6) is 0 Å². The molecule has 2 atom stereocenters. The van der Waals surface area contributed by atoms with Gasteiger partial charge in [-0.05, 0) is 37.5 Å². The van der Waals surface area contributed by atoms with Crippen molar-refractivity contribution in [3.63, 3.8) is 0 Å². The number of rotatable bonds is 5. The summed E-state index contributed by atoms with van der Waals surface area (Å²) in [7, 11) is 0. The van der Waals surface area contributed by atoms with Crippen LogP contribution in [-0.4, -0.2) is 18.8 Å². The van der Waals surface area contributed by atoms with E-state index in [4.69, 9.17) is 10.6 Å². The molecule has 1 aliphatic rings. The molecule has 1 rings (SSSR count). The van der Waals surface area contributed by atoms with Crippen LogP contribution in [0.3, 0.4) is 0 Å². The van der Waals surface area contributed by atoms with Gasteiger partial charge in [-0.3, -0.25) is 11.3 Å². The molecule has 0 aromatic carbocycles. The van der Waals surface area contributed by atoms with E-state index in [0.29, 0.717) is 12.1 Å². The molecule has 0 aliphatic carbocycles. The molecule has 15 heavy (non-hydrogen) atoms. The third-order valence-corrected chi connectivity index (χ3v) is 3.29. The van der Waals surface area contributed by atoms with Crippen molar-refractivity contribution in [2.75, 3.05) is 6.61 Å². The van der Waals surface area contributed by atoms with E-state index in [9.17, 15) is 0 Å². The second kappa shape index (κ2) is 5.83. The fraction of sp³-hybridized carbons (Fsp3) is 1.00. The van der Waals surface area contributed by atoms with E-state index in [0.717, 1.165) is 13.0 Å². The monoisotopic (exact) mass is 214 g/mol. The number of ether oxygens (including phenoxy) is 1. The zero-order valence-electron chi connectivity index (χ0n) is 10.4. The van der Waals surface area contributed by atoms with E-state index < -0.39 is 0 Å². The Morgan fingerprint density at radius 2 is 2.20 bits per heavy atom. The van der Waals surface area contributed by atoms with Crippen LogP contribution in [0, 0.1) is 5.41 Å². The Labute approximate surface area is 93.7 Å². The van der Waals surface area contributed by atoms with Crippen molar-refractivity contribution < 1.29 is 4.74 Å². The van der Waals surface area contributed by atoms with Crippen LogP contribution >= 0.6 is 0 Å². The first kappa shape index (κ1) is 12.9. The Kier molecular flexibility index (Phi) is 5.03. The highest BCUT2D eigenvalue weighted by atomic mass is 16.5. The molecule has 0 aromatic heterocycles. The maximum atomic E-state index is 5.60. The highest BCUT2D eigenvalue weighted by Gasteiger charge is 2.23. The fourth-order valence-electron chi connectivity index (χ4n) is 2.19. The molecule has 0 aromatic rings. The topological polar surface area (TPSA) is 47.3 Å². The Morgan fingerprint density at radius 1 is 1.47 bits per heavy atom. The van der Waals surface area contributed by atoms with E-state index in [2.05, 4.69) is 26.2 Å². The van der Waals surface area contributed by atoms with E-state index in [1.54, 1.807) is 0 Å². The smallest absolute Gasteiger partial charge is 0.0576 e. The summed E-state index contributed by atoms with van der Waals surface area (Å²) in [5, 5.41) is 0. The lowest BCUT2D eigenvalue weighted by Gasteiger charge is -2.30. The number of hydrogen-bond donors (Lipinski definition) is 2. The molecule has 0 bridgehead atoms. The van der Waals surface area contributed by atoms with Crippen LogP contribution in [0.2, 0.25) is 0 Å². The summed E-state index contributed by atoms with van der Waals surface area (Å²) in [6, 6.07) is 0.402. The molecule has 1 fully saturated rings. The minimum atomic E-state index is 0.241. The molecule has 1 aliphatic heterocycles. The summed E-state index contributed by atoms with van der Waals surface area (Å²) in [5.74, 6) is 5.57. The number of nitrogens with one attached hydrogen (secondary N) is 1. The number of nitrogens with two attached hydrogens (primary N) is 1. The molecule has 0 spiro atoms. The van der Waals surface area contributed by atoms with Crippen LogP contribution in [0.15, 0.2) is 0 Å². The predicted molar refractivity (Wildman–Crippen MR) is 63.4 cm³/mol. The molecule has 3 nitrogen and oxygen atoms in total. The van der Waals surface area contributed by atoms with Gasteiger partial charge in [0.15, 0.2) is 0 Å². The lowest BCUT2D eigenvalue weighted by Crippen LogP contribution is -2.44. The average Bonchev–Trinajstić information content (AvgIpc) is 2.62. The highest BCUT2D eigenvalue weighted by molar-refractivity contribution is 4.79. The summed E-state index contributed by atoms with van der Waals surface area (Å²) >= 11 is 0. The molecule has 90 valence electrons.